The highest BCUT2D eigenvalue weighted by Crippen LogP contribution is 2.25. The summed E-state index contributed by atoms with van der Waals surface area (Å²) in [5.74, 6) is 0.598. The summed E-state index contributed by atoms with van der Waals surface area (Å²) in [6.07, 6.45) is 2.26. The Hall–Kier alpha value is -4.06. The predicted octanol–water partition coefficient (Wildman–Crippen LogP) is 4.30. The van der Waals surface area contributed by atoms with Gasteiger partial charge in [0.1, 0.15) is 17.1 Å². The molecule has 3 aromatic rings. The van der Waals surface area contributed by atoms with Gasteiger partial charge in [-0.3, -0.25) is 15.0 Å². The highest BCUT2D eigenvalue weighted by molar-refractivity contribution is 6.31. The number of benzene rings is 3. The summed E-state index contributed by atoms with van der Waals surface area (Å²) < 4.78 is 11.7. The zero-order chi connectivity index (χ0) is 22.3. The van der Waals surface area contributed by atoms with Crippen LogP contribution in [0, 0.1) is 6.92 Å². The predicted molar refractivity (Wildman–Crippen MR) is 123 cm³/mol. The van der Waals surface area contributed by atoms with Gasteiger partial charge in [-0.1, -0.05) is 48.5 Å². The van der Waals surface area contributed by atoms with Crippen LogP contribution in [-0.4, -0.2) is 25.0 Å². The molecular formula is C26H24N2O4. The summed E-state index contributed by atoms with van der Waals surface area (Å²) in [5, 5.41) is 1.25. The lowest BCUT2D eigenvalue weighted by atomic mass is 10.1. The molecule has 1 heterocycles. The van der Waals surface area contributed by atoms with Crippen LogP contribution in [0.5, 0.6) is 11.5 Å². The molecule has 162 valence electrons. The Morgan fingerprint density at radius 3 is 2.44 bits per heavy atom. The first-order chi connectivity index (χ1) is 15.6. The van der Waals surface area contributed by atoms with Crippen molar-refractivity contribution in [3.05, 3.63) is 95.6 Å². The van der Waals surface area contributed by atoms with Crippen molar-refractivity contribution < 1.29 is 19.1 Å². The standard InChI is InChI=1S/C26H24N2O4/c1-19-9-7-13-22(17-19)31-15-8-16-32-24-14-6-5-10-20(24)18-23-25(29)27-28(26(23)30)21-11-3-2-4-12-21/h2-7,9-14,17-18H,8,15-16H2,1H3,(H,27,29)/b23-18+. The van der Waals surface area contributed by atoms with Crippen LogP contribution < -0.4 is 19.9 Å². The minimum absolute atomic E-state index is 0.0627. The van der Waals surface area contributed by atoms with E-state index in [1.165, 1.54) is 5.01 Å². The van der Waals surface area contributed by atoms with E-state index in [0.717, 1.165) is 11.3 Å². The third kappa shape index (κ3) is 4.98. The van der Waals surface area contributed by atoms with Crippen LogP contribution in [0.25, 0.3) is 6.08 Å². The van der Waals surface area contributed by atoms with Gasteiger partial charge < -0.3 is 9.47 Å². The van der Waals surface area contributed by atoms with Crippen molar-refractivity contribution in [3.63, 3.8) is 0 Å². The van der Waals surface area contributed by atoms with Crippen LogP contribution >= 0.6 is 0 Å². The van der Waals surface area contributed by atoms with Crippen LogP contribution in [0.2, 0.25) is 0 Å². The Balaban J connectivity index is 1.39. The molecule has 0 aromatic heterocycles. The maximum absolute atomic E-state index is 12.8. The minimum atomic E-state index is -0.444. The molecule has 0 radical (unpaired) electrons. The molecule has 32 heavy (non-hydrogen) atoms. The van der Waals surface area contributed by atoms with E-state index in [2.05, 4.69) is 5.43 Å². The van der Waals surface area contributed by atoms with E-state index in [1.807, 2.05) is 73.7 Å². The smallest absolute Gasteiger partial charge is 0.282 e. The number of nitrogens with one attached hydrogen (secondary N) is 1. The number of nitrogens with zero attached hydrogens (tertiary/aromatic N) is 1. The fourth-order valence-corrected chi connectivity index (χ4v) is 3.34. The molecule has 1 N–H and O–H groups in total. The average Bonchev–Trinajstić information content (AvgIpc) is 3.09. The van der Waals surface area contributed by atoms with Gasteiger partial charge in [0, 0.05) is 12.0 Å². The first-order valence-electron chi connectivity index (χ1n) is 10.5. The fourth-order valence-electron chi connectivity index (χ4n) is 3.34. The first kappa shape index (κ1) is 21.2. The number of rotatable bonds is 8. The van der Waals surface area contributed by atoms with Crippen molar-refractivity contribution in [1.29, 1.82) is 0 Å². The lowest BCUT2D eigenvalue weighted by molar-refractivity contribution is -0.117. The number of carbonyl (C=O) groups is 2. The number of aryl methyl sites for hydroxylation is 1. The van der Waals surface area contributed by atoms with E-state index in [-0.39, 0.29) is 5.57 Å². The molecule has 0 saturated carbocycles. The molecule has 0 spiro atoms. The largest absolute Gasteiger partial charge is 0.493 e. The van der Waals surface area contributed by atoms with Gasteiger partial charge in [0.25, 0.3) is 11.8 Å². The molecule has 6 heteroatoms. The van der Waals surface area contributed by atoms with Gasteiger partial charge in [0.2, 0.25) is 0 Å². The van der Waals surface area contributed by atoms with Gasteiger partial charge in [-0.05, 0) is 48.9 Å². The number of carbonyl (C=O) groups excluding carboxylic acids is 2. The summed E-state index contributed by atoms with van der Waals surface area (Å²) in [6, 6.07) is 24.2. The molecule has 1 aliphatic heterocycles. The Kier molecular flexibility index (Phi) is 6.51. The number of amides is 2. The number of hydrazine groups is 1. The van der Waals surface area contributed by atoms with E-state index >= 15 is 0 Å². The summed E-state index contributed by atoms with van der Waals surface area (Å²) in [4.78, 5) is 25.2. The Labute approximate surface area is 187 Å². The lowest BCUT2D eigenvalue weighted by Gasteiger charge is -2.14. The van der Waals surface area contributed by atoms with Crippen molar-refractivity contribution in [2.75, 3.05) is 18.2 Å². The topological polar surface area (TPSA) is 67.9 Å². The van der Waals surface area contributed by atoms with Gasteiger partial charge in [-0.25, -0.2) is 5.01 Å². The van der Waals surface area contributed by atoms with E-state index < -0.39 is 11.8 Å². The maximum Gasteiger partial charge on any atom is 0.282 e. The van der Waals surface area contributed by atoms with E-state index in [0.29, 0.717) is 36.6 Å². The van der Waals surface area contributed by atoms with Crippen LogP contribution in [0.3, 0.4) is 0 Å². The number of ether oxygens (including phenoxy) is 2. The van der Waals surface area contributed by atoms with Crippen molar-refractivity contribution in [3.8, 4) is 11.5 Å². The Bertz CT molecular complexity index is 1140. The Morgan fingerprint density at radius 2 is 1.62 bits per heavy atom. The lowest BCUT2D eigenvalue weighted by Crippen LogP contribution is -2.35. The molecule has 1 aliphatic rings. The van der Waals surface area contributed by atoms with Crippen LogP contribution in [0.4, 0.5) is 5.69 Å². The Morgan fingerprint density at radius 1 is 0.875 bits per heavy atom. The molecule has 0 bridgehead atoms. The number of hydrogen-bond acceptors (Lipinski definition) is 4. The van der Waals surface area contributed by atoms with Crippen LogP contribution in [0.1, 0.15) is 17.5 Å². The number of hydrogen-bond donors (Lipinski definition) is 1. The quantitative estimate of drug-likeness (QED) is 0.330. The molecule has 4 rings (SSSR count). The molecule has 3 aromatic carbocycles. The summed E-state index contributed by atoms with van der Waals surface area (Å²) in [7, 11) is 0. The molecular weight excluding hydrogens is 404 g/mol. The van der Waals surface area contributed by atoms with Crippen molar-refractivity contribution in [2.45, 2.75) is 13.3 Å². The molecule has 0 atom stereocenters. The van der Waals surface area contributed by atoms with Crippen LogP contribution in [0.15, 0.2) is 84.4 Å². The van der Waals surface area contributed by atoms with Gasteiger partial charge >= 0.3 is 0 Å². The second-order valence-electron chi connectivity index (χ2n) is 7.38. The van der Waals surface area contributed by atoms with E-state index in [1.54, 1.807) is 18.2 Å². The molecule has 1 saturated heterocycles. The average molecular weight is 428 g/mol. The maximum atomic E-state index is 12.8. The molecule has 0 unspecified atom stereocenters. The SMILES string of the molecule is Cc1cccc(OCCCOc2ccccc2/C=C2\C(=O)NN(c3ccccc3)C2=O)c1. The van der Waals surface area contributed by atoms with Crippen LogP contribution in [-0.2, 0) is 9.59 Å². The van der Waals surface area contributed by atoms with Crippen molar-refractivity contribution in [1.82, 2.24) is 5.43 Å². The second kappa shape index (κ2) is 9.83. The molecule has 6 nitrogen and oxygen atoms in total. The van der Waals surface area contributed by atoms with E-state index in [9.17, 15) is 9.59 Å². The molecule has 1 fully saturated rings. The highest BCUT2D eigenvalue weighted by Gasteiger charge is 2.34. The highest BCUT2D eigenvalue weighted by atomic mass is 16.5. The molecule has 0 aliphatic carbocycles. The van der Waals surface area contributed by atoms with Crippen molar-refractivity contribution >= 4 is 23.6 Å². The number of anilines is 1. The number of para-hydroxylation sites is 2. The third-order valence-electron chi connectivity index (χ3n) is 4.93. The summed E-state index contributed by atoms with van der Waals surface area (Å²) in [5.41, 5.74) is 5.09. The fraction of sp³-hybridized carbons (Fsp3) is 0.154. The van der Waals surface area contributed by atoms with Gasteiger partial charge in [0.05, 0.1) is 18.9 Å². The first-order valence-corrected chi connectivity index (χ1v) is 10.5. The van der Waals surface area contributed by atoms with Gasteiger partial charge in [-0.2, -0.15) is 0 Å². The zero-order valence-corrected chi connectivity index (χ0v) is 17.8. The molecule has 2 amide bonds. The van der Waals surface area contributed by atoms with Gasteiger partial charge in [-0.15, -0.1) is 0 Å². The normalized spacial score (nSPS) is 14.5. The van der Waals surface area contributed by atoms with Gasteiger partial charge in [0.15, 0.2) is 0 Å². The summed E-state index contributed by atoms with van der Waals surface area (Å²) in [6.45, 7) is 3.00. The minimum Gasteiger partial charge on any atom is -0.493 e. The summed E-state index contributed by atoms with van der Waals surface area (Å²) >= 11 is 0. The second-order valence-corrected chi connectivity index (χ2v) is 7.38. The van der Waals surface area contributed by atoms with Crippen molar-refractivity contribution in [2.24, 2.45) is 0 Å². The zero-order valence-electron chi connectivity index (χ0n) is 17.8. The third-order valence-corrected chi connectivity index (χ3v) is 4.93. The monoisotopic (exact) mass is 428 g/mol. The van der Waals surface area contributed by atoms with E-state index in [4.69, 9.17) is 9.47 Å².